The van der Waals surface area contributed by atoms with Crippen molar-refractivity contribution in [2.24, 2.45) is 0 Å². The molecule has 1 aliphatic rings. The predicted octanol–water partition coefficient (Wildman–Crippen LogP) is 3.02. The monoisotopic (exact) mass is 352 g/mol. The van der Waals surface area contributed by atoms with Gasteiger partial charge in [0.25, 0.3) is 0 Å². The van der Waals surface area contributed by atoms with Crippen molar-refractivity contribution in [1.29, 1.82) is 0 Å². The third-order valence-electron chi connectivity index (χ3n) is 4.63. The molecule has 0 aliphatic heterocycles. The molecule has 0 atom stereocenters. The summed E-state index contributed by atoms with van der Waals surface area (Å²) >= 11 is 0. The van der Waals surface area contributed by atoms with Crippen LogP contribution in [0.15, 0.2) is 30.3 Å². The van der Waals surface area contributed by atoms with Crippen LogP contribution in [0.5, 0.6) is 0 Å². The summed E-state index contributed by atoms with van der Waals surface area (Å²) in [6.07, 6.45) is 7.25. The van der Waals surface area contributed by atoms with Crippen LogP contribution >= 0.6 is 0 Å². The highest BCUT2D eigenvalue weighted by Gasteiger charge is 2.30. The zero-order chi connectivity index (χ0) is 17.6. The number of likely N-dealkylation sites (N-methyl/N-ethyl adjacent to an activating group) is 1. The highest BCUT2D eigenvalue weighted by Crippen LogP contribution is 2.24. The van der Waals surface area contributed by atoms with E-state index in [0.717, 1.165) is 44.2 Å². The molecule has 1 amide bonds. The predicted molar refractivity (Wildman–Crippen MR) is 97.5 cm³/mol. The fraction of sp³-hybridized carbons (Fsp3) is 0.611. The van der Waals surface area contributed by atoms with E-state index in [4.69, 9.17) is 0 Å². The molecule has 1 aromatic rings. The van der Waals surface area contributed by atoms with Crippen molar-refractivity contribution in [3.63, 3.8) is 0 Å². The van der Waals surface area contributed by atoms with Crippen molar-refractivity contribution in [1.82, 2.24) is 4.31 Å². The minimum atomic E-state index is -3.41. The van der Waals surface area contributed by atoms with E-state index in [2.05, 4.69) is 0 Å². The van der Waals surface area contributed by atoms with Crippen LogP contribution in [-0.2, 0) is 14.8 Å². The second-order valence-electron chi connectivity index (χ2n) is 6.43. The number of sulfonamides is 1. The molecule has 1 aliphatic carbocycles. The van der Waals surface area contributed by atoms with E-state index in [0.29, 0.717) is 6.54 Å². The quantitative estimate of drug-likeness (QED) is 0.740. The lowest BCUT2D eigenvalue weighted by Gasteiger charge is -2.31. The molecule has 1 fully saturated rings. The van der Waals surface area contributed by atoms with Gasteiger partial charge in [0.15, 0.2) is 0 Å². The van der Waals surface area contributed by atoms with E-state index in [1.807, 2.05) is 37.3 Å². The molecule has 1 aromatic carbocycles. The Morgan fingerprint density at radius 3 is 2.17 bits per heavy atom. The molecule has 1 saturated carbocycles. The van der Waals surface area contributed by atoms with E-state index in [-0.39, 0.29) is 18.5 Å². The largest absolute Gasteiger partial charge is 0.312 e. The van der Waals surface area contributed by atoms with Crippen LogP contribution < -0.4 is 4.90 Å². The van der Waals surface area contributed by atoms with Crippen LogP contribution in [0.3, 0.4) is 0 Å². The van der Waals surface area contributed by atoms with Gasteiger partial charge in [-0.3, -0.25) is 4.79 Å². The first kappa shape index (κ1) is 18.9. The Labute approximate surface area is 145 Å². The van der Waals surface area contributed by atoms with Crippen LogP contribution in [0.4, 0.5) is 5.69 Å². The average Bonchev–Trinajstić information content (AvgIpc) is 2.82. The van der Waals surface area contributed by atoms with E-state index < -0.39 is 10.0 Å². The summed E-state index contributed by atoms with van der Waals surface area (Å²) in [7, 11) is -3.41. The number of rotatable bonds is 6. The normalized spacial score (nSPS) is 16.8. The molecule has 0 aromatic heterocycles. The summed E-state index contributed by atoms with van der Waals surface area (Å²) < 4.78 is 26.0. The molecule has 0 heterocycles. The van der Waals surface area contributed by atoms with Gasteiger partial charge in [0.1, 0.15) is 0 Å². The first-order valence-electron chi connectivity index (χ1n) is 8.75. The molecule has 2 rings (SSSR count). The van der Waals surface area contributed by atoms with Gasteiger partial charge in [0.2, 0.25) is 15.9 Å². The highest BCUT2D eigenvalue weighted by molar-refractivity contribution is 7.88. The Kier molecular flexibility index (Phi) is 6.80. The Morgan fingerprint density at radius 1 is 1.08 bits per heavy atom. The first-order valence-corrected chi connectivity index (χ1v) is 10.6. The van der Waals surface area contributed by atoms with Crippen LogP contribution in [0.25, 0.3) is 0 Å². The lowest BCUT2D eigenvalue weighted by atomic mass is 10.1. The molecule has 0 radical (unpaired) electrons. The summed E-state index contributed by atoms with van der Waals surface area (Å²) in [6.45, 7) is 2.35. The zero-order valence-electron chi connectivity index (χ0n) is 14.6. The molecular formula is C18H28N2O3S. The molecule has 0 bridgehead atoms. The Bertz CT molecular complexity index is 623. The van der Waals surface area contributed by atoms with Gasteiger partial charge in [-0.25, -0.2) is 8.42 Å². The second kappa shape index (κ2) is 8.62. The van der Waals surface area contributed by atoms with Crippen LogP contribution in [0, 0.1) is 0 Å². The van der Waals surface area contributed by atoms with Crippen molar-refractivity contribution in [2.45, 2.75) is 51.5 Å². The van der Waals surface area contributed by atoms with Crippen molar-refractivity contribution >= 4 is 21.6 Å². The van der Waals surface area contributed by atoms with E-state index in [1.165, 1.54) is 10.6 Å². The first-order chi connectivity index (χ1) is 11.4. The molecule has 24 heavy (non-hydrogen) atoms. The smallest absolute Gasteiger partial charge is 0.242 e. The number of nitrogens with zero attached hydrogens (tertiary/aromatic N) is 2. The van der Waals surface area contributed by atoms with E-state index in [1.54, 1.807) is 4.90 Å². The Morgan fingerprint density at radius 2 is 1.67 bits per heavy atom. The van der Waals surface area contributed by atoms with Crippen molar-refractivity contribution in [2.75, 3.05) is 24.2 Å². The summed E-state index contributed by atoms with van der Waals surface area (Å²) in [5.41, 5.74) is 0.805. The van der Waals surface area contributed by atoms with Gasteiger partial charge in [-0.1, -0.05) is 43.9 Å². The molecule has 0 unspecified atom stereocenters. The fourth-order valence-electron chi connectivity index (χ4n) is 3.39. The maximum Gasteiger partial charge on any atom is 0.242 e. The molecule has 5 nitrogen and oxygen atoms in total. The number of benzene rings is 1. The summed E-state index contributed by atoms with van der Waals surface area (Å²) in [5.74, 6) is -0.168. The van der Waals surface area contributed by atoms with Crippen molar-refractivity contribution < 1.29 is 13.2 Å². The van der Waals surface area contributed by atoms with Crippen LogP contribution in [0.2, 0.25) is 0 Å². The number of hydrogen-bond acceptors (Lipinski definition) is 3. The highest BCUT2D eigenvalue weighted by atomic mass is 32.2. The molecule has 0 N–H and O–H groups in total. The third-order valence-corrected chi connectivity index (χ3v) is 5.91. The third kappa shape index (κ3) is 5.05. The Balaban J connectivity index is 2.17. The number of carbonyl (C=O) groups is 1. The van der Waals surface area contributed by atoms with Gasteiger partial charge in [-0.05, 0) is 31.9 Å². The average molecular weight is 352 g/mol. The summed E-state index contributed by atoms with van der Waals surface area (Å²) in [4.78, 5) is 14.4. The summed E-state index contributed by atoms with van der Waals surface area (Å²) in [5, 5.41) is 0. The lowest BCUT2D eigenvalue weighted by molar-refractivity contribution is -0.119. The van der Waals surface area contributed by atoms with Gasteiger partial charge < -0.3 is 4.90 Å². The maximum atomic E-state index is 12.8. The van der Waals surface area contributed by atoms with Crippen LogP contribution in [0.1, 0.15) is 45.4 Å². The van der Waals surface area contributed by atoms with Crippen molar-refractivity contribution in [3.8, 4) is 0 Å². The van der Waals surface area contributed by atoms with Gasteiger partial charge in [-0.2, -0.15) is 4.31 Å². The molecular weight excluding hydrogens is 324 g/mol. The topological polar surface area (TPSA) is 57.7 Å². The van der Waals surface area contributed by atoms with E-state index >= 15 is 0 Å². The number of amides is 1. The molecule has 0 spiro atoms. The Hall–Kier alpha value is -1.40. The second-order valence-corrected chi connectivity index (χ2v) is 8.36. The standard InChI is InChI=1S/C18H28N2O3S/c1-3-19(16-11-9-6-10-12-16)18(21)15-20(24(2,22)23)17-13-7-4-5-8-14-17/h6,9-12,17H,3-5,7-8,13-15H2,1-2H3. The number of para-hydroxylation sites is 1. The van der Waals surface area contributed by atoms with Gasteiger partial charge >= 0.3 is 0 Å². The molecule has 6 heteroatoms. The lowest BCUT2D eigenvalue weighted by Crippen LogP contribution is -2.47. The fourth-order valence-corrected chi connectivity index (χ4v) is 4.49. The number of hydrogen-bond donors (Lipinski definition) is 0. The zero-order valence-corrected chi connectivity index (χ0v) is 15.5. The van der Waals surface area contributed by atoms with E-state index in [9.17, 15) is 13.2 Å². The molecule has 134 valence electrons. The minimum Gasteiger partial charge on any atom is -0.312 e. The number of anilines is 1. The number of carbonyl (C=O) groups excluding carboxylic acids is 1. The van der Waals surface area contributed by atoms with Gasteiger partial charge in [0, 0.05) is 18.3 Å². The van der Waals surface area contributed by atoms with Crippen molar-refractivity contribution in [3.05, 3.63) is 30.3 Å². The SMILES string of the molecule is CCN(C(=O)CN(C1CCCCCC1)S(C)(=O)=O)c1ccccc1. The summed E-state index contributed by atoms with van der Waals surface area (Å²) in [6, 6.07) is 9.35. The molecule has 0 saturated heterocycles. The van der Waals surface area contributed by atoms with Crippen LogP contribution in [-0.4, -0.2) is 44.0 Å². The van der Waals surface area contributed by atoms with Gasteiger partial charge in [-0.15, -0.1) is 0 Å². The maximum absolute atomic E-state index is 12.8. The minimum absolute atomic E-state index is 0.0547. The van der Waals surface area contributed by atoms with Gasteiger partial charge in [0.05, 0.1) is 12.8 Å².